The van der Waals surface area contributed by atoms with E-state index in [1.807, 2.05) is 6.07 Å². The van der Waals surface area contributed by atoms with Crippen LogP contribution in [0.25, 0.3) is 0 Å². The number of nitrogens with one attached hydrogen (secondary N) is 1. The van der Waals surface area contributed by atoms with Gasteiger partial charge < -0.3 is 9.47 Å². The highest BCUT2D eigenvalue weighted by atomic mass is 32.2. The maximum Gasteiger partial charge on any atom is 0.347 e. The smallest absolute Gasteiger partial charge is 0.347 e. The minimum absolute atomic E-state index is 0.271. The monoisotopic (exact) mass is 402 g/mol. The molecule has 1 N–H and O–H groups in total. The molecule has 0 spiro atoms. The number of anilines is 1. The summed E-state index contributed by atoms with van der Waals surface area (Å²) < 4.78 is 35.0. The molecule has 0 fully saturated rings. The van der Waals surface area contributed by atoms with Gasteiger partial charge in [-0.15, -0.1) is 0 Å². The number of hydrogen-bond acceptors (Lipinski definition) is 7. The van der Waals surface area contributed by atoms with Crippen LogP contribution in [-0.2, 0) is 19.6 Å². The van der Waals surface area contributed by atoms with Crippen LogP contribution in [0.5, 0.6) is 5.75 Å². The Morgan fingerprint density at radius 3 is 2.25 bits per heavy atom. The van der Waals surface area contributed by atoms with Crippen molar-refractivity contribution in [3.63, 3.8) is 0 Å². The van der Waals surface area contributed by atoms with Crippen molar-refractivity contribution in [3.8, 4) is 11.8 Å². The third-order valence-corrected chi connectivity index (χ3v) is 4.09. The molecular weight excluding hydrogens is 384 g/mol. The summed E-state index contributed by atoms with van der Waals surface area (Å²) >= 11 is 0. The Balaban J connectivity index is 1.87. The fraction of sp³-hybridized carbons (Fsp3) is 0.211. The molecule has 0 amide bonds. The van der Waals surface area contributed by atoms with Crippen LogP contribution in [0, 0.1) is 11.3 Å². The van der Waals surface area contributed by atoms with Gasteiger partial charge in [-0.05, 0) is 55.5 Å². The van der Waals surface area contributed by atoms with Gasteiger partial charge in [-0.2, -0.15) is 5.26 Å². The molecular formula is C19H18N2O6S. The number of benzene rings is 2. The van der Waals surface area contributed by atoms with E-state index in [4.69, 9.17) is 14.7 Å². The van der Waals surface area contributed by atoms with Crippen molar-refractivity contribution in [2.45, 2.75) is 13.0 Å². The second-order valence-electron chi connectivity index (χ2n) is 5.88. The topological polar surface area (TPSA) is 123 Å². The maximum absolute atomic E-state index is 12.1. The number of nitrogens with zero attached hydrogens (tertiary/aromatic N) is 1. The highest BCUT2D eigenvalue weighted by Gasteiger charge is 2.18. The molecule has 2 aromatic carbocycles. The summed E-state index contributed by atoms with van der Waals surface area (Å²) in [6.07, 6.45) is 0.0779. The summed E-state index contributed by atoms with van der Waals surface area (Å²) in [5.74, 6) is -0.762. The summed E-state index contributed by atoms with van der Waals surface area (Å²) in [5, 5.41) is 8.75. The highest BCUT2D eigenvalue weighted by molar-refractivity contribution is 7.92. The molecule has 2 aromatic rings. The van der Waals surface area contributed by atoms with Gasteiger partial charge in [-0.3, -0.25) is 9.52 Å². The molecule has 0 aliphatic carbocycles. The molecule has 1 atom stereocenters. The lowest BCUT2D eigenvalue weighted by molar-refractivity contribution is -0.149. The molecule has 0 heterocycles. The average Bonchev–Trinajstić information content (AvgIpc) is 2.65. The molecule has 2 rings (SSSR count). The van der Waals surface area contributed by atoms with Crippen LogP contribution in [0.1, 0.15) is 22.8 Å². The van der Waals surface area contributed by atoms with Gasteiger partial charge in [0.25, 0.3) is 0 Å². The lowest BCUT2D eigenvalue weighted by atomic mass is 10.1. The zero-order valence-electron chi connectivity index (χ0n) is 15.2. The number of ether oxygens (including phenoxy) is 2. The Hall–Kier alpha value is -3.38. The van der Waals surface area contributed by atoms with Gasteiger partial charge in [0, 0.05) is 11.3 Å². The Morgan fingerprint density at radius 2 is 1.71 bits per heavy atom. The first kappa shape index (κ1) is 20.9. The first-order valence-corrected chi connectivity index (χ1v) is 10.0. The third kappa shape index (κ3) is 6.41. The highest BCUT2D eigenvalue weighted by Crippen LogP contribution is 2.14. The van der Waals surface area contributed by atoms with Crippen molar-refractivity contribution < 1.29 is 27.5 Å². The lowest BCUT2D eigenvalue weighted by Crippen LogP contribution is -2.28. The lowest BCUT2D eigenvalue weighted by Gasteiger charge is -2.13. The Kier molecular flexibility index (Phi) is 6.74. The number of carbonyl (C=O) groups excluding carboxylic acids is 2. The summed E-state index contributed by atoms with van der Waals surface area (Å²) in [6.45, 7) is 1.01. The number of carbonyl (C=O) groups is 2. The van der Waals surface area contributed by atoms with Gasteiger partial charge in [0.05, 0.1) is 17.9 Å². The van der Waals surface area contributed by atoms with Gasteiger partial charge in [-0.1, -0.05) is 0 Å². The number of sulfonamides is 1. The summed E-state index contributed by atoms with van der Waals surface area (Å²) in [6, 6.07) is 13.9. The van der Waals surface area contributed by atoms with Crippen LogP contribution in [0.3, 0.4) is 0 Å². The molecule has 28 heavy (non-hydrogen) atoms. The molecule has 9 heteroatoms. The Labute approximate surface area is 162 Å². The molecule has 0 bridgehead atoms. The number of rotatable bonds is 8. The van der Waals surface area contributed by atoms with Crippen LogP contribution in [0.15, 0.2) is 48.5 Å². The van der Waals surface area contributed by atoms with Gasteiger partial charge in [-0.25, -0.2) is 13.2 Å². The molecule has 0 aliphatic rings. The fourth-order valence-corrected chi connectivity index (χ4v) is 2.70. The third-order valence-electron chi connectivity index (χ3n) is 3.48. The van der Waals surface area contributed by atoms with Gasteiger partial charge in [0.1, 0.15) is 5.75 Å². The van der Waals surface area contributed by atoms with Crippen LogP contribution in [0.2, 0.25) is 0 Å². The van der Waals surface area contributed by atoms with E-state index in [-0.39, 0.29) is 5.56 Å². The fourth-order valence-electron chi connectivity index (χ4n) is 2.14. The van der Waals surface area contributed by atoms with E-state index in [1.54, 1.807) is 24.3 Å². The average molecular weight is 402 g/mol. The standard InChI is InChI=1S/C19H18N2O6S/c1-13(27-17-9-3-14(11-20)4-10-17)19(23)26-12-18(22)15-5-7-16(8-6-15)21-28(2,24)25/h3-10,13,21H,12H2,1-2H3/t13-/m1/s1. The summed E-state index contributed by atoms with van der Waals surface area (Å²) in [7, 11) is -3.41. The van der Waals surface area contributed by atoms with Gasteiger partial charge in [0.2, 0.25) is 10.0 Å². The van der Waals surface area contributed by atoms with E-state index in [1.165, 1.54) is 31.2 Å². The number of esters is 1. The number of nitriles is 1. The Morgan fingerprint density at radius 1 is 1.11 bits per heavy atom. The predicted octanol–water partition coefficient (Wildman–Crippen LogP) is 2.12. The second kappa shape index (κ2) is 9.01. The van der Waals surface area contributed by atoms with Crippen molar-refractivity contribution in [2.75, 3.05) is 17.6 Å². The van der Waals surface area contributed by atoms with Crippen molar-refractivity contribution in [1.29, 1.82) is 5.26 Å². The first-order chi connectivity index (χ1) is 13.2. The largest absolute Gasteiger partial charge is 0.479 e. The maximum atomic E-state index is 12.1. The van der Waals surface area contributed by atoms with Gasteiger partial charge in [0.15, 0.2) is 18.5 Å². The summed E-state index contributed by atoms with van der Waals surface area (Å²) in [4.78, 5) is 24.1. The number of ketones is 1. The molecule has 0 unspecified atom stereocenters. The minimum Gasteiger partial charge on any atom is -0.479 e. The zero-order chi connectivity index (χ0) is 20.7. The van der Waals surface area contributed by atoms with E-state index < -0.39 is 34.5 Å². The summed E-state index contributed by atoms with van der Waals surface area (Å²) in [5.41, 5.74) is 1.05. The molecule has 0 aromatic heterocycles. The predicted molar refractivity (Wildman–Crippen MR) is 101 cm³/mol. The van der Waals surface area contributed by atoms with E-state index in [9.17, 15) is 18.0 Å². The molecule has 0 radical (unpaired) electrons. The second-order valence-corrected chi connectivity index (χ2v) is 7.63. The minimum atomic E-state index is -3.41. The number of Topliss-reactive ketones (excluding diaryl/α,β-unsaturated/α-hetero) is 1. The Bertz CT molecular complexity index is 992. The van der Waals surface area contributed by atoms with Crippen LogP contribution in [0.4, 0.5) is 5.69 Å². The van der Waals surface area contributed by atoms with Crippen LogP contribution in [-0.4, -0.2) is 39.1 Å². The van der Waals surface area contributed by atoms with E-state index >= 15 is 0 Å². The van der Waals surface area contributed by atoms with Crippen molar-refractivity contribution in [2.24, 2.45) is 0 Å². The van der Waals surface area contributed by atoms with Crippen LogP contribution >= 0.6 is 0 Å². The zero-order valence-corrected chi connectivity index (χ0v) is 16.0. The molecule has 146 valence electrons. The van der Waals surface area contributed by atoms with Crippen molar-refractivity contribution in [1.82, 2.24) is 0 Å². The SMILES string of the molecule is C[C@@H](Oc1ccc(C#N)cc1)C(=O)OCC(=O)c1ccc(NS(C)(=O)=O)cc1. The van der Waals surface area contributed by atoms with Crippen molar-refractivity contribution >= 4 is 27.5 Å². The number of hydrogen-bond donors (Lipinski definition) is 1. The molecule has 0 aliphatic heterocycles. The van der Waals surface area contributed by atoms with E-state index in [2.05, 4.69) is 4.72 Å². The molecule has 8 nitrogen and oxygen atoms in total. The molecule has 0 saturated heterocycles. The normalized spacial score (nSPS) is 11.8. The van der Waals surface area contributed by atoms with Gasteiger partial charge >= 0.3 is 5.97 Å². The van der Waals surface area contributed by atoms with Crippen LogP contribution < -0.4 is 9.46 Å². The quantitative estimate of drug-likeness (QED) is 0.530. The van der Waals surface area contributed by atoms with Crippen molar-refractivity contribution in [3.05, 3.63) is 59.7 Å². The first-order valence-electron chi connectivity index (χ1n) is 8.12. The molecule has 0 saturated carbocycles. The van der Waals surface area contributed by atoms with E-state index in [0.717, 1.165) is 6.26 Å². The van der Waals surface area contributed by atoms with E-state index in [0.29, 0.717) is 17.0 Å².